The van der Waals surface area contributed by atoms with E-state index in [2.05, 4.69) is 15.5 Å². The zero-order valence-corrected chi connectivity index (χ0v) is 19.7. The van der Waals surface area contributed by atoms with Gasteiger partial charge >= 0.3 is 6.09 Å². The second kappa shape index (κ2) is 7.94. The van der Waals surface area contributed by atoms with Gasteiger partial charge in [-0.25, -0.2) is 9.89 Å². The van der Waals surface area contributed by atoms with Gasteiger partial charge in [-0.05, 0) is 49.1 Å². The summed E-state index contributed by atoms with van der Waals surface area (Å²) in [6, 6.07) is 7.85. The van der Waals surface area contributed by atoms with Crippen molar-refractivity contribution < 1.29 is 14.3 Å². The number of rotatable bonds is 3. The standard InChI is InChI=1S/C25H26N4O4S/c1-33-24(32)29-7-6-16-19(13-34-20(16)12-29)22(30)26-15-10-25(11-15)8-14(9-25)21-17-4-2-3-5-18(17)23(31)28-27-21/h2-5,13-15H,6-12H2,1H3,(H,26,30)(H,28,31). The van der Waals surface area contributed by atoms with Gasteiger partial charge in [0.2, 0.25) is 0 Å². The quantitative estimate of drug-likeness (QED) is 0.599. The van der Waals surface area contributed by atoms with E-state index in [4.69, 9.17) is 4.74 Å². The summed E-state index contributed by atoms with van der Waals surface area (Å²) in [5, 5.41) is 13.8. The maximum Gasteiger partial charge on any atom is 0.409 e. The molecule has 2 N–H and O–H groups in total. The SMILES string of the molecule is COC(=O)N1CCc2c(C(=O)NC3CC4(C3)CC(c3n[nH]c(=O)c5ccccc35)C4)csc2C1. The van der Waals surface area contributed by atoms with E-state index < -0.39 is 0 Å². The smallest absolute Gasteiger partial charge is 0.409 e. The van der Waals surface area contributed by atoms with E-state index in [0.717, 1.165) is 52.8 Å². The third-order valence-electron chi connectivity index (χ3n) is 7.79. The summed E-state index contributed by atoms with van der Waals surface area (Å²) in [4.78, 5) is 39.6. The van der Waals surface area contributed by atoms with Crippen molar-refractivity contribution in [2.45, 2.75) is 50.6 Å². The topological polar surface area (TPSA) is 104 Å². The van der Waals surface area contributed by atoms with E-state index in [1.54, 1.807) is 4.90 Å². The predicted molar refractivity (Wildman–Crippen MR) is 128 cm³/mol. The first-order valence-corrected chi connectivity index (χ1v) is 12.5. The number of amides is 2. The second-order valence-corrected chi connectivity index (χ2v) is 10.8. The molecule has 2 saturated carbocycles. The lowest BCUT2D eigenvalue weighted by Gasteiger charge is -2.57. The van der Waals surface area contributed by atoms with E-state index in [-0.39, 0.29) is 29.0 Å². The molecule has 1 spiro atoms. The fourth-order valence-corrected chi connectivity index (χ4v) is 7.21. The highest BCUT2D eigenvalue weighted by molar-refractivity contribution is 7.10. The minimum atomic E-state index is -0.325. The monoisotopic (exact) mass is 478 g/mol. The lowest BCUT2D eigenvalue weighted by atomic mass is 9.49. The first-order valence-electron chi connectivity index (χ1n) is 11.7. The number of carbonyl (C=O) groups excluding carboxylic acids is 2. The number of aromatic amines is 1. The van der Waals surface area contributed by atoms with Crippen molar-refractivity contribution in [1.29, 1.82) is 0 Å². The molecule has 0 saturated heterocycles. The van der Waals surface area contributed by atoms with E-state index in [0.29, 0.717) is 30.8 Å². The van der Waals surface area contributed by atoms with Crippen LogP contribution in [-0.4, -0.2) is 46.8 Å². The molecule has 34 heavy (non-hydrogen) atoms. The number of H-pyrrole nitrogens is 1. The van der Waals surface area contributed by atoms with Crippen molar-refractivity contribution >= 4 is 34.1 Å². The largest absolute Gasteiger partial charge is 0.453 e. The lowest BCUT2D eigenvalue weighted by Crippen LogP contribution is -2.55. The first-order chi connectivity index (χ1) is 16.5. The molecule has 1 aromatic carbocycles. The van der Waals surface area contributed by atoms with E-state index >= 15 is 0 Å². The average molecular weight is 479 g/mol. The number of fused-ring (bicyclic) bond motifs is 2. The van der Waals surface area contributed by atoms with E-state index in [9.17, 15) is 14.4 Å². The minimum absolute atomic E-state index is 0.00645. The van der Waals surface area contributed by atoms with Gasteiger partial charge in [-0.2, -0.15) is 5.10 Å². The number of aromatic nitrogens is 2. The molecule has 3 aromatic rings. The molecule has 0 bridgehead atoms. The number of methoxy groups -OCH3 is 1. The highest BCUT2D eigenvalue weighted by atomic mass is 32.1. The Balaban J connectivity index is 1.06. The summed E-state index contributed by atoms with van der Waals surface area (Å²) in [5.74, 6) is 0.341. The molecule has 2 aliphatic carbocycles. The Labute approximate surface area is 200 Å². The number of nitrogens with one attached hydrogen (secondary N) is 2. The normalized spacial score (nSPS) is 25.4. The summed E-state index contributed by atoms with van der Waals surface area (Å²) in [7, 11) is 1.39. The molecule has 0 radical (unpaired) electrons. The number of thiophene rings is 1. The van der Waals surface area contributed by atoms with Crippen LogP contribution < -0.4 is 10.9 Å². The molecule has 0 unspecified atom stereocenters. The number of nitrogens with zero attached hydrogens (tertiary/aromatic N) is 2. The molecule has 2 fully saturated rings. The van der Waals surface area contributed by atoms with Crippen LogP contribution >= 0.6 is 11.3 Å². The fraction of sp³-hybridized carbons (Fsp3) is 0.440. The molecule has 6 rings (SSSR count). The molecule has 3 aliphatic rings. The molecule has 0 atom stereocenters. The third-order valence-corrected chi connectivity index (χ3v) is 8.80. The van der Waals surface area contributed by atoms with Crippen molar-refractivity contribution in [3.8, 4) is 0 Å². The molecule has 3 heterocycles. The zero-order chi connectivity index (χ0) is 23.4. The third kappa shape index (κ3) is 3.41. The number of benzene rings is 1. The van der Waals surface area contributed by atoms with Crippen LogP contribution in [-0.2, 0) is 17.7 Å². The van der Waals surface area contributed by atoms with Crippen LogP contribution in [0.15, 0.2) is 34.4 Å². The van der Waals surface area contributed by atoms with Crippen LogP contribution in [0.2, 0.25) is 0 Å². The number of ether oxygens (including phenoxy) is 1. The second-order valence-electron chi connectivity index (χ2n) is 9.86. The maximum atomic E-state index is 13.0. The minimum Gasteiger partial charge on any atom is -0.453 e. The lowest BCUT2D eigenvalue weighted by molar-refractivity contribution is -0.0196. The Hall–Kier alpha value is -3.20. The van der Waals surface area contributed by atoms with Gasteiger partial charge in [-0.3, -0.25) is 9.59 Å². The Morgan fingerprint density at radius 2 is 1.97 bits per heavy atom. The van der Waals surface area contributed by atoms with Crippen LogP contribution in [0.1, 0.15) is 58.1 Å². The fourth-order valence-electron chi connectivity index (χ4n) is 6.11. The Kier molecular flexibility index (Phi) is 4.98. The average Bonchev–Trinajstić information content (AvgIpc) is 3.23. The molecule has 176 valence electrons. The van der Waals surface area contributed by atoms with Crippen LogP contribution in [0.3, 0.4) is 0 Å². The first kappa shape index (κ1) is 21.3. The molecular formula is C25H26N4O4S. The number of hydrogen-bond donors (Lipinski definition) is 2. The molecule has 1 aliphatic heterocycles. The van der Waals surface area contributed by atoms with Gasteiger partial charge in [0.1, 0.15) is 0 Å². The summed E-state index contributed by atoms with van der Waals surface area (Å²) in [5.41, 5.74) is 2.93. The molecule has 2 amide bonds. The van der Waals surface area contributed by atoms with E-state index in [1.807, 2.05) is 29.6 Å². The van der Waals surface area contributed by atoms with Crippen molar-refractivity contribution in [3.05, 3.63) is 61.7 Å². The Bertz CT molecular complexity index is 1350. The van der Waals surface area contributed by atoms with Crippen molar-refractivity contribution in [1.82, 2.24) is 20.4 Å². The Morgan fingerprint density at radius 3 is 2.74 bits per heavy atom. The highest BCUT2D eigenvalue weighted by Gasteiger charge is 2.54. The van der Waals surface area contributed by atoms with Crippen molar-refractivity contribution in [3.63, 3.8) is 0 Å². The van der Waals surface area contributed by atoms with Gasteiger partial charge < -0.3 is 15.0 Å². The molecular weight excluding hydrogens is 452 g/mol. The van der Waals surface area contributed by atoms with Gasteiger partial charge in [-0.1, -0.05) is 18.2 Å². The molecule has 8 nitrogen and oxygen atoms in total. The molecule has 2 aromatic heterocycles. The Morgan fingerprint density at radius 1 is 1.21 bits per heavy atom. The van der Waals surface area contributed by atoms with Crippen LogP contribution in [0.4, 0.5) is 4.79 Å². The highest BCUT2D eigenvalue weighted by Crippen LogP contribution is 2.62. The van der Waals surface area contributed by atoms with Gasteiger partial charge in [0, 0.05) is 34.1 Å². The van der Waals surface area contributed by atoms with Crippen LogP contribution in [0.5, 0.6) is 0 Å². The summed E-state index contributed by atoms with van der Waals surface area (Å²) in [6.07, 6.45) is 4.40. The van der Waals surface area contributed by atoms with Gasteiger partial charge in [-0.15, -0.1) is 11.3 Å². The molecule has 9 heteroatoms. The summed E-state index contributed by atoms with van der Waals surface area (Å²) in [6.45, 7) is 1.07. The van der Waals surface area contributed by atoms with Gasteiger partial charge in [0.05, 0.1) is 30.3 Å². The summed E-state index contributed by atoms with van der Waals surface area (Å²) >= 11 is 1.54. The zero-order valence-electron chi connectivity index (χ0n) is 18.9. The number of carbonyl (C=O) groups is 2. The predicted octanol–water partition coefficient (Wildman–Crippen LogP) is 3.57. The van der Waals surface area contributed by atoms with Crippen LogP contribution in [0, 0.1) is 5.41 Å². The van der Waals surface area contributed by atoms with Crippen LogP contribution in [0.25, 0.3) is 10.8 Å². The van der Waals surface area contributed by atoms with Gasteiger partial charge in [0.25, 0.3) is 11.5 Å². The maximum absolute atomic E-state index is 13.0. The summed E-state index contributed by atoms with van der Waals surface area (Å²) < 4.78 is 4.82. The van der Waals surface area contributed by atoms with Gasteiger partial charge in [0.15, 0.2) is 0 Å². The van der Waals surface area contributed by atoms with E-state index in [1.165, 1.54) is 18.4 Å². The van der Waals surface area contributed by atoms with Crippen molar-refractivity contribution in [2.24, 2.45) is 5.41 Å². The number of hydrogen-bond acceptors (Lipinski definition) is 6. The van der Waals surface area contributed by atoms with Crippen molar-refractivity contribution in [2.75, 3.05) is 13.7 Å².